The molecular weight excluding hydrogens is 476 g/mol. The van der Waals surface area contributed by atoms with E-state index in [0.717, 1.165) is 56.0 Å². The summed E-state index contributed by atoms with van der Waals surface area (Å²) >= 11 is 0. The SMILES string of the molecule is Cc1cc(C)cc(OCCOCCn2cc(CCCCOc3ccc(CNCC4=CC=CC4)cc3)nn2)c1. The van der Waals surface area contributed by atoms with Crippen molar-refractivity contribution in [2.45, 2.75) is 52.6 Å². The van der Waals surface area contributed by atoms with Crippen molar-refractivity contribution in [3.8, 4) is 11.5 Å². The molecule has 1 aromatic heterocycles. The molecule has 202 valence electrons. The third-order valence-corrected chi connectivity index (χ3v) is 6.29. The first-order valence-electron chi connectivity index (χ1n) is 13.6. The van der Waals surface area contributed by atoms with Crippen molar-refractivity contribution in [2.24, 2.45) is 0 Å². The van der Waals surface area contributed by atoms with E-state index in [1.807, 2.05) is 23.0 Å². The van der Waals surface area contributed by atoms with Gasteiger partial charge in [-0.15, -0.1) is 5.10 Å². The van der Waals surface area contributed by atoms with Crippen molar-refractivity contribution in [3.63, 3.8) is 0 Å². The lowest BCUT2D eigenvalue weighted by molar-refractivity contribution is 0.0923. The number of nitrogens with zero attached hydrogens (tertiary/aromatic N) is 3. The van der Waals surface area contributed by atoms with E-state index in [1.165, 1.54) is 22.3 Å². The summed E-state index contributed by atoms with van der Waals surface area (Å²) in [5.41, 5.74) is 6.12. The Hall–Kier alpha value is -3.42. The molecule has 0 atom stereocenters. The molecule has 0 amide bonds. The lowest BCUT2D eigenvalue weighted by atomic mass is 10.1. The van der Waals surface area contributed by atoms with E-state index in [4.69, 9.17) is 14.2 Å². The van der Waals surface area contributed by atoms with Crippen LogP contribution in [0.3, 0.4) is 0 Å². The molecule has 0 radical (unpaired) electrons. The number of aryl methyl sites for hydroxylation is 3. The van der Waals surface area contributed by atoms with Crippen LogP contribution in [0.15, 0.2) is 72.5 Å². The molecular formula is C31H40N4O3. The Morgan fingerprint density at radius 2 is 1.68 bits per heavy atom. The predicted molar refractivity (Wildman–Crippen MR) is 151 cm³/mol. The number of nitrogens with one attached hydrogen (secondary N) is 1. The first-order valence-corrected chi connectivity index (χ1v) is 13.6. The maximum Gasteiger partial charge on any atom is 0.119 e. The zero-order valence-corrected chi connectivity index (χ0v) is 22.7. The van der Waals surface area contributed by atoms with Gasteiger partial charge in [0.05, 0.1) is 32.1 Å². The molecule has 38 heavy (non-hydrogen) atoms. The van der Waals surface area contributed by atoms with Crippen molar-refractivity contribution in [1.29, 1.82) is 0 Å². The van der Waals surface area contributed by atoms with Gasteiger partial charge in [0.2, 0.25) is 0 Å². The van der Waals surface area contributed by atoms with Gasteiger partial charge in [0.1, 0.15) is 18.1 Å². The summed E-state index contributed by atoms with van der Waals surface area (Å²) in [6, 6.07) is 14.6. The molecule has 1 N–H and O–H groups in total. The van der Waals surface area contributed by atoms with Gasteiger partial charge in [-0.05, 0) is 80.5 Å². The minimum atomic E-state index is 0.533. The molecule has 0 saturated heterocycles. The van der Waals surface area contributed by atoms with Gasteiger partial charge in [0.15, 0.2) is 0 Å². The van der Waals surface area contributed by atoms with Crippen molar-refractivity contribution < 1.29 is 14.2 Å². The Balaban J connectivity index is 1.01. The molecule has 0 unspecified atom stereocenters. The predicted octanol–water partition coefficient (Wildman–Crippen LogP) is 5.37. The quantitative estimate of drug-likeness (QED) is 0.243. The number of hydrogen-bond acceptors (Lipinski definition) is 6. The van der Waals surface area contributed by atoms with E-state index in [1.54, 1.807) is 0 Å². The zero-order chi connectivity index (χ0) is 26.4. The molecule has 0 fully saturated rings. The smallest absolute Gasteiger partial charge is 0.119 e. The van der Waals surface area contributed by atoms with Gasteiger partial charge in [-0.3, -0.25) is 0 Å². The molecule has 2 aromatic carbocycles. The summed E-state index contributed by atoms with van der Waals surface area (Å²) in [7, 11) is 0. The van der Waals surface area contributed by atoms with Crippen LogP contribution in [0.5, 0.6) is 11.5 Å². The minimum absolute atomic E-state index is 0.533. The number of unbranched alkanes of at least 4 members (excludes halogenated alkanes) is 1. The summed E-state index contributed by atoms with van der Waals surface area (Å²) in [6.45, 7) is 9.00. The second-order valence-electron chi connectivity index (χ2n) is 9.77. The summed E-state index contributed by atoms with van der Waals surface area (Å²) in [6.07, 6.45) is 12.5. The van der Waals surface area contributed by atoms with Crippen LogP contribution in [0.4, 0.5) is 0 Å². The molecule has 0 saturated carbocycles. The Labute approximate surface area is 226 Å². The fourth-order valence-electron chi connectivity index (χ4n) is 4.35. The number of ether oxygens (including phenoxy) is 3. The fourth-order valence-corrected chi connectivity index (χ4v) is 4.35. The highest BCUT2D eigenvalue weighted by Crippen LogP contribution is 2.16. The van der Waals surface area contributed by atoms with E-state index in [0.29, 0.717) is 33.0 Å². The van der Waals surface area contributed by atoms with Crippen molar-refractivity contribution in [1.82, 2.24) is 20.3 Å². The van der Waals surface area contributed by atoms with Crippen LogP contribution in [0.2, 0.25) is 0 Å². The molecule has 0 spiro atoms. The standard InChI is InChI=1S/C31H40N4O3/c1-25-19-26(2)21-31(20-25)38-18-17-36-16-14-35-24-29(33-34-35)9-5-6-15-37-30-12-10-28(11-13-30)23-32-22-27-7-3-4-8-27/h3-4,7,10-13,19-21,24,32H,5-6,8-9,14-18,22-23H2,1-2H3. The normalized spacial score (nSPS) is 12.6. The number of rotatable bonds is 17. The second-order valence-corrected chi connectivity index (χ2v) is 9.77. The third kappa shape index (κ3) is 9.80. The minimum Gasteiger partial charge on any atom is -0.494 e. The Kier molecular flexibility index (Phi) is 11.0. The van der Waals surface area contributed by atoms with E-state index in [-0.39, 0.29) is 0 Å². The summed E-state index contributed by atoms with van der Waals surface area (Å²) in [5.74, 6) is 1.81. The van der Waals surface area contributed by atoms with Crippen LogP contribution < -0.4 is 14.8 Å². The number of benzene rings is 2. The average molecular weight is 517 g/mol. The summed E-state index contributed by atoms with van der Waals surface area (Å²) in [4.78, 5) is 0. The molecule has 1 heterocycles. The monoisotopic (exact) mass is 516 g/mol. The lowest BCUT2D eigenvalue weighted by Gasteiger charge is -2.09. The Morgan fingerprint density at radius 1 is 0.868 bits per heavy atom. The van der Waals surface area contributed by atoms with E-state index in [2.05, 4.69) is 78.0 Å². The highest BCUT2D eigenvalue weighted by atomic mass is 16.5. The Bertz CT molecular complexity index is 1160. The maximum absolute atomic E-state index is 5.91. The molecule has 7 heteroatoms. The molecule has 4 rings (SSSR count). The van der Waals surface area contributed by atoms with Crippen LogP contribution in [0.1, 0.15) is 41.6 Å². The van der Waals surface area contributed by atoms with Crippen LogP contribution in [0.25, 0.3) is 0 Å². The van der Waals surface area contributed by atoms with E-state index < -0.39 is 0 Å². The number of aromatic nitrogens is 3. The van der Waals surface area contributed by atoms with Gasteiger partial charge in [-0.25, -0.2) is 4.68 Å². The lowest BCUT2D eigenvalue weighted by Crippen LogP contribution is -2.15. The fraction of sp³-hybridized carbons (Fsp3) is 0.419. The van der Waals surface area contributed by atoms with Crippen LogP contribution in [0, 0.1) is 13.8 Å². The van der Waals surface area contributed by atoms with Crippen molar-refractivity contribution >= 4 is 0 Å². The topological polar surface area (TPSA) is 70.4 Å². The van der Waals surface area contributed by atoms with Gasteiger partial charge in [-0.2, -0.15) is 0 Å². The molecule has 3 aromatic rings. The number of hydrogen-bond donors (Lipinski definition) is 1. The third-order valence-electron chi connectivity index (χ3n) is 6.29. The van der Waals surface area contributed by atoms with Crippen LogP contribution in [-0.4, -0.2) is 48.0 Å². The first kappa shape index (κ1) is 27.6. The molecule has 0 bridgehead atoms. The molecule has 7 nitrogen and oxygen atoms in total. The first-order chi connectivity index (χ1) is 18.6. The van der Waals surface area contributed by atoms with Gasteiger partial charge in [0.25, 0.3) is 0 Å². The van der Waals surface area contributed by atoms with Gasteiger partial charge in [0, 0.05) is 19.3 Å². The largest absolute Gasteiger partial charge is 0.494 e. The van der Waals surface area contributed by atoms with E-state index >= 15 is 0 Å². The van der Waals surface area contributed by atoms with Crippen LogP contribution in [-0.2, 0) is 24.2 Å². The molecule has 1 aliphatic rings. The highest BCUT2D eigenvalue weighted by Gasteiger charge is 2.03. The second kappa shape index (κ2) is 15.1. The maximum atomic E-state index is 5.91. The van der Waals surface area contributed by atoms with Gasteiger partial charge < -0.3 is 19.5 Å². The zero-order valence-electron chi connectivity index (χ0n) is 22.7. The highest BCUT2D eigenvalue weighted by molar-refractivity contribution is 5.33. The molecule has 0 aliphatic heterocycles. The van der Waals surface area contributed by atoms with Gasteiger partial charge in [-0.1, -0.05) is 47.2 Å². The summed E-state index contributed by atoms with van der Waals surface area (Å²) in [5, 5.41) is 12.0. The number of allylic oxidation sites excluding steroid dienone is 3. The summed E-state index contributed by atoms with van der Waals surface area (Å²) < 4.78 is 19.2. The molecule has 1 aliphatic carbocycles. The van der Waals surface area contributed by atoms with Crippen LogP contribution >= 0.6 is 0 Å². The van der Waals surface area contributed by atoms with Crippen molar-refractivity contribution in [3.05, 3.63) is 94.8 Å². The van der Waals surface area contributed by atoms with Crippen molar-refractivity contribution in [2.75, 3.05) is 33.0 Å². The van der Waals surface area contributed by atoms with E-state index in [9.17, 15) is 0 Å². The van der Waals surface area contributed by atoms with Gasteiger partial charge >= 0.3 is 0 Å². The average Bonchev–Trinajstić information content (AvgIpc) is 3.59. The Morgan fingerprint density at radius 3 is 2.47 bits per heavy atom.